The van der Waals surface area contributed by atoms with Crippen molar-refractivity contribution in [3.05, 3.63) is 64.2 Å². The summed E-state index contributed by atoms with van der Waals surface area (Å²) >= 11 is -5.44. The molecule has 0 aliphatic carbocycles. The molecule has 0 aliphatic rings. The summed E-state index contributed by atoms with van der Waals surface area (Å²) in [5.74, 6) is -6.48. The van der Waals surface area contributed by atoms with Crippen molar-refractivity contribution in [3.63, 3.8) is 0 Å². The first-order valence-electron chi connectivity index (χ1n) is 6.88. The fourth-order valence-corrected chi connectivity index (χ4v) is 8.71. The van der Waals surface area contributed by atoms with Gasteiger partial charge in [-0.1, -0.05) is 0 Å². The van der Waals surface area contributed by atoms with Gasteiger partial charge in [0.15, 0.2) is 0 Å². The number of rotatable bonds is 6. The molecule has 27 heavy (non-hydrogen) atoms. The summed E-state index contributed by atoms with van der Waals surface area (Å²) in [5.41, 5.74) is 0. The molecular formula is C15H10F7IO3S. The molecule has 0 saturated carbocycles. The summed E-state index contributed by atoms with van der Waals surface area (Å²) in [6, 6.07) is 10.8. The maximum atomic E-state index is 14.3. The molecule has 150 valence electrons. The summed E-state index contributed by atoms with van der Waals surface area (Å²) in [5, 5.41) is 0. The van der Waals surface area contributed by atoms with Crippen molar-refractivity contribution in [2.75, 3.05) is 0 Å². The first kappa shape index (κ1) is 21.9. The molecule has 0 unspecified atom stereocenters. The van der Waals surface area contributed by atoms with Gasteiger partial charge < -0.3 is 0 Å². The van der Waals surface area contributed by atoms with Gasteiger partial charge >= 0.3 is 157 Å². The Morgan fingerprint density at radius 1 is 0.741 bits per heavy atom. The van der Waals surface area contributed by atoms with Crippen LogP contribution in [0.25, 0.3) is 0 Å². The van der Waals surface area contributed by atoms with Gasteiger partial charge in [0.25, 0.3) is 0 Å². The van der Waals surface area contributed by atoms with E-state index < -0.39 is 54.8 Å². The van der Waals surface area contributed by atoms with Gasteiger partial charge in [0, 0.05) is 0 Å². The first-order valence-corrected chi connectivity index (χ1v) is 11.3. The Bertz CT molecular complexity index is 871. The van der Waals surface area contributed by atoms with E-state index in [1.807, 2.05) is 0 Å². The average molecular weight is 530 g/mol. The Labute approximate surface area is 157 Å². The molecule has 2 aromatic carbocycles. The topological polar surface area (TPSA) is 43.4 Å². The van der Waals surface area contributed by atoms with Crippen LogP contribution in [0.4, 0.5) is 30.7 Å². The van der Waals surface area contributed by atoms with E-state index in [-0.39, 0.29) is 0 Å². The van der Waals surface area contributed by atoms with Crippen LogP contribution in [0.15, 0.2) is 65.6 Å². The zero-order chi connectivity index (χ0) is 20.5. The zero-order valence-corrected chi connectivity index (χ0v) is 15.9. The number of hydrogen-bond donors (Lipinski definition) is 0. The van der Waals surface area contributed by atoms with Crippen molar-refractivity contribution < 1.29 is 41.7 Å². The van der Waals surface area contributed by atoms with Gasteiger partial charge in [-0.05, 0) is 0 Å². The summed E-state index contributed by atoms with van der Waals surface area (Å²) in [4.78, 5) is -0.644. The minimum atomic E-state index is -6.60. The second-order valence-electron chi connectivity index (χ2n) is 4.94. The van der Waals surface area contributed by atoms with Gasteiger partial charge in [0.05, 0.1) is 0 Å². The molecule has 0 heterocycles. The molecule has 2 rings (SSSR count). The van der Waals surface area contributed by atoms with Crippen molar-refractivity contribution in [1.29, 1.82) is 0 Å². The SMILES string of the molecule is O=S(=O)(OI(c1ccccc1)C(F)(F)C(F)(F)C(F)(F)F)c1ccccc1. The monoisotopic (exact) mass is 530 g/mol. The molecule has 2 aromatic rings. The van der Waals surface area contributed by atoms with E-state index in [0.29, 0.717) is 0 Å². The van der Waals surface area contributed by atoms with Gasteiger partial charge in [0.1, 0.15) is 0 Å². The third-order valence-electron chi connectivity index (χ3n) is 3.04. The average Bonchev–Trinajstić information content (AvgIpc) is 2.60. The molecule has 0 bridgehead atoms. The molecule has 0 aromatic heterocycles. The second-order valence-corrected chi connectivity index (χ2v) is 11.5. The van der Waals surface area contributed by atoms with Crippen LogP contribution >= 0.6 is 20.2 Å². The second kappa shape index (κ2) is 7.54. The van der Waals surface area contributed by atoms with Crippen molar-refractivity contribution in [2.45, 2.75) is 20.9 Å². The molecule has 0 N–H and O–H groups in total. The summed E-state index contributed by atoms with van der Waals surface area (Å²) in [6.45, 7) is 0. The van der Waals surface area contributed by atoms with Crippen LogP contribution in [-0.4, -0.2) is 24.4 Å². The van der Waals surface area contributed by atoms with Crippen LogP contribution in [0.1, 0.15) is 0 Å². The Morgan fingerprint density at radius 3 is 1.63 bits per heavy atom. The summed E-state index contributed by atoms with van der Waals surface area (Å²) in [7, 11) is -5.01. The number of alkyl halides is 8. The molecule has 0 saturated heterocycles. The normalized spacial score (nSPS) is 14.1. The quantitative estimate of drug-likeness (QED) is 0.283. The molecule has 0 spiro atoms. The van der Waals surface area contributed by atoms with E-state index in [1.165, 1.54) is 24.3 Å². The van der Waals surface area contributed by atoms with Crippen molar-refractivity contribution >= 4 is 30.4 Å². The number of benzene rings is 2. The van der Waals surface area contributed by atoms with Crippen LogP contribution in [0.2, 0.25) is 0 Å². The van der Waals surface area contributed by atoms with Crippen molar-refractivity contribution in [3.8, 4) is 0 Å². The van der Waals surface area contributed by atoms with E-state index in [0.717, 1.165) is 36.4 Å². The van der Waals surface area contributed by atoms with Crippen LogP contribution in [0.5, 0.6) is 0 Å². The Kier molecular flexibility index (Phi) is 6.11. The molecule has 3 nitrogen and oxygen atoms in total. The predicted octanol–water partition coefficient (Wildman–Crippen LogP) is 5.47. The Balaban J connectivity index is 2.57. The Morgan fingerprint density at radius 2 is 1.19 bits per heavy atom. The standard InChI is InChI=1S/C15H10F7IO3S/c16-13(17,14(18,19)20)15(21,22)23(11-7-3-1-4-8-11)26-27(24,25)12-9-5-2-6-10-12/h1-10H. The fourth-order valence-electron chi connectivity index (χ4n) is 1.72. The number of halogens is 8. The molecule has 0 radical (unpaired) electrons. The molecular weight excluding hydrogens is 520 g/mol. The summed E-state index contributed by atoms with van der Waals surface area (Å²) < 4.78 is 116. The van der Waals surface area contributed by atoms with E-state index in [4.69, 9.17) is 0 Å². The number of hydrogen-bond acceptors (Lipinski definition) is 3. The third-order valence-corrected chi connectivity index (χ3v) is 10.4. The fraction of sp³-hybridized carbons (Fsp3) is 0.200. The van der Waals surface area contributed by atoms with E-state index in [1.54, 1.807) is 0 Å². The maximum absolute atomic E-state index is 14.3. The molecule has 0 atom stereocenters. The van der Waals surface area contributed by atoms with Gasteiger partial charge in [-0.2, -0.15) is 0 Å². The van der Waals surface area contributed by atoms with Crippen LogP contribution in [0.3, 0.4) is 0 Å². The molecule has 0 amide bonds. The third kappa shape index (κ3) is 4.37. The summed E-state index contributed by atoms with van der Waals surface area (Å²) in [6.07, 6.45) is -6.60. The van der Waals surface area contributed by atoms with Gasteiger partial charge in [-0.3, -0.25) is 0 Å². The van der Waals surface area contributed by atoms with Gasteiger partial charge in [-0.25, -0.2) is 0 Å². The van der Waals surface area contributed by atoms with Gasteiger partial charge in [0.2, 0.25) is 0 Å². The zero-order valence-electron chi connectivity index (χ0n) is 12.9. The van der Waals surface area contributed by atoms with Crippen LogP contribution in [-0.2, 0) is 12.6 Å². The molecule has 0 fully saturated rings. The van der Waals surface area contributed by atoms with Crippen molar-refractivity contribution in [2.24, 2.45) is 0 Å². The van der Waals surface area contributed by atoms with E-state index in [9.17, 15) is 39.2 Å². The predicted molar refractivity (Wildman–Crippen MR) is 89.8 cm³/mol. The Hall–Kier alpha value is -1.41. The molecule has 12 heteroatoms. The van der Waals surface area contributed by atoms with Crippen LogP contribution in [0, 0.1) is 3.57 Å². The van der Waals surface area contributed by atoms with Crippen molar-refractivity contribution in [1.82, 2.24) is 0 Å². The van der Waals surface area contributed by atoms with E-state index in [2.05, 4.69) is 2.51 Å². The molecule has 0 aliphatic heterocycles. The minimum absolute atomic E-state index is 0.644. The van der Waals surface area contributed by atoms with Crippen LogP contribution < -0.4 is 0 Å². The van der Waals surface area contributed by atoms with E-state index >= 15 is 0 Å². The van der Waals surface area contributed by atoms with Gasteiger partial charge in [-0.15, -0.1) is 0 Å². The first-order chi connectivity index (χ1) is 12.3.